The fraction of sp³-hybridized carbons (Fsp3) is 0.154. The van der Waals surface area contributed by atoms with Crippen molar-refractivity contribution >= 4 is 22.9 Å². The Kier molecular flexibility index (Phi) is 3.99. The number of aromatic hydroxyl groups is 1. The molecule has 7 heteroatoms. The standard InChI is InChI=1S/C13H12N2O4S/c1-8-6-20-7-10(8)5-14-13(17)9-2-3-11(15(18)19)12(16)4-9/h2-4,6-7,16H,5H2,1H3,(H,14,17). The Balaban J connectivity index is 2.08. The molecule has 1 aromatic heterocycles. The van der Waals surface area contributed by atoms with Crippen molar-refractivity contribution < 1.29 is 14.8 Å². The average molecular weight is 292 g/mol. The molecule has 1 amide bonds. The van der Waals surface area contributed by atoms with Gasteiger partial charge in [0.15, 0.2) is 5.75 Å². The molecule has 1 aromatic carbocycles. The van der Waals surface area contributed by atoms with E-state index in [1.807, 2.05) is 17.7 Å². The molecule has 0 spiro atoms. The molecule has 0 atom stereocenters. The number of nitrogens with one attached hydrogen (secondary N) is 1. The summed E-state index contributed by atoms with van der Waals surface area (Å²) in [5, 5.41) is 26.7. The minimum absolute atomic E-state index is 0.181. The van der Waals surface area contributed by atoms with Crippen molar-refractivity contribution in [3.63, 3.8) is 0 Å². The van der Waals surface area contributed by atoms with Gasteiger partial charge in [-0.3, -0.25) is 14.9 Å². The first-order valence-corrected chi connectivity index (χ1v) is 6.70. The Hall–Kier alpha value is -2.41. The molecular formula is C13H12N2O4S. The number of hydrogen-bond donors (Lipinski definition) is 2. The third-order valence-electron chi connectivity index (χ3n) is 2.84. The lowest BCUT2D eigenvalue weighted by Gasteiger charge is -2.05. The highest BCUT2D eigenvalue weighted by Gasteiger charge is 2.16. The minimum Gasteiger partial charge on any atom is -0.502 e. The van der Waals surface area contributed by atoms with Crippen LogP contribution in [0.25, 0.3) is 0 Å². The topological polar surface area (TPSA) is 92.5 Å². The second-order valence-corrected chi connectivity index (χ2v) is 4.97. The molecule has 0 fully saturated rings. The number of carbonyl (C=O) groups excluding carboxylic acids is 1. The van der Waals surface area contributed by atoms with Crippen LogP contribution in [0.3, 0.4) is 0 Å². The maximum atomic E-state index is 11.9. The monoisotopic (exact) mass is 292 g/mol. The van der Waals surface area contributed by atoms with Crippen LogP contribution in [-0.4, -0.2) is 15.9 Å². The zero-order chi connectivity index (χ0) is 14.7. The fourth-order valence-corrected chi connectivity index (χ4v) is 2.52. The van der Waals surface area contributed by atoms with Gasteiger partial charge in [-0.25, -0.2) is 0 Å². The van der Waals surface area contributed by atoms with Crippen molar-refractivity contribution in [2.75, 3.05) is 0 Å². The van der Waals surface area contributed by atoms with Crippen molar-refractivity contribution in [3.8, 4) is 5.75 Å². The Morgan fingerprint density at radius 2 is 2.20 bits per heavy atom. The van der Waals surface area contributed by atoms with E-state index >= 15 is 0 Å². The predicted octanol–water partition coefficient (Wildman–Crippen LogP) is 2.60. The van der Waals surface area contributed by atoms with Crippen LogP contribution in [0, 0.1) is 17.0 Å². The summed E-state index contributed by atoms with van der Waals surface area (Å²) in [5.41, 5.74) is 1.88. The van der Waals surface area contributed by atoms with Gasteiger partial charge >= 0.3 is 5.69 Å². The number of phenolic OH excluding ortho intramolecular Hbond substituents is 1. The SMILES string of the molecule is Cc1cscc1CNC(=O)c1ccc([N+](=O)[O-])c(O)c1. The Labute approximate surface area is 118 Å². The van der Waals surface area contributed by atoms with Gasteiger partial charge in [0.1, 0.15) is 0 Å². The van der Waals surface area contributed by atoms with Gasteiger partial charge in [0, 0.05) is 18.2 Å². The van der Waals surface area contributed by atoms with Gasteiger partial charge in [-0.05, 0) is 40.9 Å². The van der Waals surface area contributed by atoms with E-state index < -0.39 is 16.4 Å². The maximum absolute atomic E-state index is 11.9. The van der Waals surface area contributed by atoms with Gasteiger partial charge < -0.3 is 10.4 Å². The van der Waals surface area contributed by atoms with Crippen molar-refractivity contribution in [1.82, 2.24) is 5.32 Å². The Bertz CT molecular complexity index is 666. The number of hydrogen-bond acceptors (Lipinski definition) is 5. The second-order valence-electron chi connectivity index (χ2n) is 4.22. The number of carbonyl (C=O) groups is 1. The summed E-state index contributed by atoms with van der Waals surface area (Å²) in [5.74, 6) is -0.907. The molecule has 104 valence electrons. The highest BCUT2D eigenvalue weighted by molar-refractivity contribution is 7.08. The molecule has 0 aliphatic carbocycles. The normalized spacial score (nSPS) is 10.2. The first kappa shape index (κ1) is 14.0. The second kappa shape index (κ2) is 5.70. The molecule has 0 saturated carbocycles. The van der Waals surface area contributed by atoms with E-state index in [2.05, 4.69) is 5.32 Å². The molecule has 6 nitrogen and oxygen atoms in total. The minimum atomic E-state index is -0.703. The highest BCUT2D eigenvalue weighted by Crippen LogP contribution is 2.26. The molecule has 1 heterocycles. The van der Waals surface area contributed by atoms with Gasteiger partial charge in [0.05, 0.1) is 4.92 Å². The molecule has 0 unspecified atom stereocenters. The largest absolute Gasteiger partial charge is 0.502 e. The molecule has 2 aromatic rings. The first-order chi connectivity index (χ1) is 9.49. The molecule has 0 bridgehead atoms. The maximum Gasteiger partial charge on any atom is 0.310 e. The van der Waals surface area contributed by atoms with Crippen LogP contribution >= 0.6 is 11.3 Å². The van der Waals surface area contributed by atoms with Crippen LogP contribution in [0.1, 0.15) is 21.5 Å². The number of phenols is 1. The fourth-order valence-electron chi connectivity index (χ4n) is 1.66. The molecular weight excluding hydrogens is 280 g/mol. The van der Waals surface area contributed by atoms with E-state index in [0.29, 0.717) is 6.54 Å². The van der Waals surface area contributed by atoms with E-state index in [-0.39, 0.29) is 11.5 Å². The zero-order valence-corrected chi connectivity index (χ0v) is 11.4. The molecule has 0 aliphatic heterocycles. The number of thiophene rings is 1. The molecule has 0 radical (unpaired) electrons. The zero-order valence-electron chi connectivity index (χ0n) is 10.6. The number of benzene rings is 1. The Morgan fingerprint density at radius 1 is 1.45 bits per heavy atom. The number of amides is 1. The number of aryl methyl sites for hydroxylation is 1. The molecule has 20 heavy (non-hydrogen) atoms. The van der Waals surface area contributed by atoms with Crippen molar-refractivity contribution in [1.29, 1.82) is 0 Å². The van der Waals surface area contributed by atoms with Gasteiger partial charge in [0.25, 0.3) is 5.91 Å². The first-order valence-electron chi connectivity index (χ1n) is 5.76. The van der Waals surface area contributed by atoms with Crippen LogP contribution < -0.4 is 5.32 Å². The van der Waals surface area contributed by atoms with Crippen molar-refractivity contribution in [3.05, 3.63) is 55.8 Å². The molecule has 2 rings (SSSR count). The number of nitrogens with zero attached hydrogens (tertiary/aromatic N) is 1. The van der Waals surface area contributed by atoms with Crippen molar-refractivity contribution in [2.45, 2.75) is 13.5 Å². The summed E-state index contributed by atoms with van der Waals surface area (Å²) < 4.78 is 0. The van der Waals surface area contributed by atoms with Gasteiger partial charge in [0.2, 0.25) is 0 Å². The van der Waals surface area contributed by atoms with E-state index in [0.717, 1.165) is 23.3 Å². The predicted molar refractivity (Wildman–Crippen MR) is 75.0 cm³/mol. The van der Waals surface area contributed by atoms with Crippen LogP contribution in [-0.2, 0) is 6.54 Å². The summed E-state index contributed by atoms with van der Waals surface area (Å²) in [6.45, 7) is 2.33. The van der Waals surface area contributed by atoms with E-state index in [1.54, 1.807) is 11.3 Å². The van der Waals surface area contributed by atoms with Gasteiger partial charge in [-0.1, -0.05) is 0 Å². The summed E-state index contributed by atoms with van der Waals surface area (Å²) in [6.07, 6.45) is 0. The quantitative estimate of drug-likeness (QED) is 0.669. The molecule has 2 N–H and O–H groups in total. The number of rotatable bonds is 4. The lowest BCUT2D eigenvalue weighted by molar-refractivity contribution is -0.385. The van der Waals surface area contributed by atoms with Gasteiger partial charge in [-0.15, -0.1) is 0 Å². The number of nitro benzene ring substituents is 1. The van der Waals surface area contributed by atoms with Crippen molar-refractivity contribution in [2.24, 2.45) is 0 Å². The smallest absolute Gasteiger partial charge is 0.310 e. The third-order valence-corrected chi connectivity index (χ3v) is 3.75. The molecule has 0 aliphatic rings. The van der Waals surface area contributed by atoms with E-state index in [9.17, 15) is 20.0 Å². The highest BCUT2D eigenvalue weighted by atomic mass is 32.1. The van der Waals surface area contributed by atoms with Crippen LogP contribution in [0.4, 0.5) is 5.69 Å². The average Bonchev–Trinajstić information content (AvgIpc) is 2.81. The van der Waals surface area contributed by atoms with E-state index in [4.69, 9.17) is 0 Å². The van der Waals surface area contributed by atoms with Crippen LogP contribution in [0.5, 0.6) is 5.75 Å². The Morgan fingerprint density at radius 3 is 2.75 bits per heavy atom. The lowest BCUT2D eigenvalue weighted by atomic mass is 10.1. The summed E-state index contributed by atoms with van der Waals surface area (Å²) in [7, 11) is 0. The summed E-state index contributed by atoms with van der Waals surface area (Å²) in [6, 6.07) is 3.52. The van der Waals surface area contributed by atoms with Gasteiger partial charge in [-0.2, -0.15) is 11.3 Å². The lowest BCUT2D eigenvalue weighted by Crippen LogP contribution is -2.22. The third kappa shape index (κ3) is 2.94. The van der Waals surface area contributed by atoms with E-state index in [1.165, 1.54) is 6.07 Å². The molecule has 0 saturated heterocycles. The summed E-state index contributed by atoms with van der Waals surface area (Å²) >= 11 is 1.56. The van der Waals surface area contributed by atoms with Crippen LogP contribution in [0.2, 0.25) is 0 Å². The number of nitro groups is 1. The van der Waals surface area contributed by atoms with Crippen LogP contribution in [0.15, 0.2) is 29.0 Å². The summed E-state index contributed by atoms with van der Waals surface area (Å²) in [4.78, 5) is 21.8.